The molecule has 0 aromatic rings. The lowest BCUT2D eigenvalue weighted by Crippen LogP contribution is -2.24. The Balaban J connectivity index is 1.82. The summed E-state index contributed by atoms with van der Waals surface area (Å²) in [6.45, 7) is 6.41. The van der Waals surface area contributed by atoms with E-state index in [1.54, 1.807) is 0 Å². The SMILES string of the molecule is CCO/N=C/[C@H]1CN2CC[C@H]1C2. The Labute approximate surface area is 73.4 Å². The van der Waals surface area contributed by atoms with Crippen LogP contribution in [0.2, 0.25) is 0 Å². The van der Waals surface area contributed by atoms with E-state index >= 15 is 0 Å². The van der Waals surface area contributed by atoms with Gasteiger partial charge in [0.2, 0.25) is 0 Å². The van der Waals surface area contributed by atoms with E-state index < -0.39 is 0 Å². The molecule has 12 heavy (non-hydrogen) atoms. The van der Waals surface area contributed by atoms with Crippen molar-refractivity contribution in [2.75, 3.05) is 26.2 Å². The normalized spacial score (nSPS) is 39.6. The van der Waals surface area contributed by atoms with Crippen molar-refractivity contribution in [1.29, 1.82) is 0 Å². The summed E-state index contributed by atoms with van der Waals surface area (Å²) in [5.41, 5.74) is 0. The maximum absolute atomic E-state index is 4.95. The van der Waals surface area contributed by atoms with Crippen LogP contribution in [-0.2, 0) is 4.84 Å². The van der Waals surface area contributed by atoms with E-state index in [1.165, 1.54) is 26.1 Å². The number of piperidine rings is 1. The third-order valence-corrected chi connectivity index (χ3v) is 2.84. The fourth-order valence-corrected chi connectivity index (χ4v) is 2.19. The standard InChI is InChI=1S/C9H16N2O/c1-2-12-10-5-9-7-11-4-3-8(9)6-11/h5,8-9H,2-4,6-7H2,1H3/b10-5+/t8-,9-/m0/s1. The second kappa shape index (κ2) is 3.44. The molecule has 0 aliphatic carbocycles. The van der Waals surface area contributed by atoms with Gasteiger partial charge in [0.15, 0.2) is 0 Å². The number of fused-ring (bicyclic) bond motifs is 2. The van der Waals surface area contributed by atoms with Gasteiger partial charge in [0.05, 0.1) is 0 Å². The monoisotopic (exact) mass is 168 g/mol. The topological polar surface area (TPSA) is 24.8 Å². The van der Waals surface area contributed by atoms with E-state index in [9.17, 15) is 0 Å². The minimum atomic E-state index is 0.658. The molecule has 0 spiro atoms. The van der Waals surface area contributed by atoms with Crippen LogP contribution in [0, 0.1) is 11.8 Å². The fraction of sp³-hybridized carbons (Fsp3) is 0.889. The summed E-state index contributed by atoms with van der Waals surface area (Å²) in [5.74, 6) is 1.51. The van der Waals surface area contributed by atoms with Crippen molar-refractivity contribution in [3.05, 3.63) is 0 Å². The average molecular weight is 168 g/mol. The molecule has 2 saturated heterocycles. The molecule has 0 aromatic heterocycles. The molecule has 0 amide bonds. The van der Waals surface area contributed by atoms with E-state index in [0.717, 1.165) is 5.92 Å². The first kappa shape index (κ1) is 8.05. The molecule has 2 fully saturated rings. The Morgan fingerprint density at radius 2 is 2.50 bits per heavy atom. The van der Waals surface area contributed by atoms with E-state index in [1.807, 2.05) is 13.1 Å². The quantitative estimate of drug-likeness (QED) is 0.463. The minimum absolute atomic E-state index is 0.658. The zero-order chi connectivity index (χ0) is 8.39. The van der Waals surface area contributed by atoms with Crippen LogP contribution in [0.15, 0.2) is 5.16 Å². The van der Waals surface area contributed by atoms with Gasteiger partial charge in [-0.05, 0) is 25.8 Å². The molecule has 1 unspecified atom stereocenters. The summed E-state index contributed by atoms with van der Waals surface area (Å²) in [7, 11) is 0. The van der Waals surface area contributed by atoms with Gasteiger partial charge in [-0.1, -0.05) is 5.16 Å². The number of rotatable bonds is 3. The van der Waals surface area contributed by atoms with Gasteiger partial charge in [0.1, 0.15) is 6.61 Å². The van der Waals surface area contributed by atoms with Gasteiger partial charge in [-0.2, -0.15) is 0 Å². The van der Waals surface area contributed by atoms with Crippen molar-refractivity contribution >= 4 is 6.21 Å². The molecule has 2 aliphatic rings. The molecule has 2 bridgehead atoms. The number of oxime groups is 1. The zero-order valence-corrected chi connectivity index (χ0v) is 7.57. The summed E-state index contributed by atoms with van der Waals surface area (Å²) < 4.78 is 0. The molecule has 2 rings (SSSR count). The van der Waals surface area contributed by atoms with Crippen LogP contribution in [0.1, 0.15) is 13.3 Å². The molecule has 3 atom stereocenters. The molecule has 0 aromatic carbocycles. The Kier molecular flexibility index (Phi) is 2.30. The van der Waals surface area contributed by atoms with Gasteiger partial charge < -0.3 is 9.74 Å². The van der Waals surface area contributed by atoms with E-state index in [2.05, 4.69) is 10.1 Å². The highest BCUT2D eigenvalue weighted by Gasteiger charge is 2.36. The Hall–Kier alpha value is -0.570. The second-order valence-corrected chi connectivity index (χ2v) is 3.64. The van der Waals surface area contributed by atoms with E-state index in [0.29, 0.717) is 12.5 Å². The van der Waals surface area contributed by atoms with Crippen molar-refractivity contribution < 1.29 is 4.84 Å². The zero-order valence-electron chi connectivity index (χ0n) is 7.57. The van der Waals surface area contributed by atoms with Gasteiger partial charge >= 0.3 is 0 Å². The lowest BCUT2D eigenvalue weighted by atomic mass is 9.94. The lowest BCUT2D eigenvalue weighted by molar-refractivity contribution is 0.158. The average Bonchev–Trinajstić information content (AvgIpc) is 2.65. The third-order valence-electron chi connectivity index (χ3n) is 2.84. The van der Waals surface area contributed by atoms with Crippen molar-refractivity contribution in [1.82, 2.24) is 4.90 Å². The van der Waals surface area contributed by atoms with Gasteiger partial charge in [-0.15, -0.1) is 0 Å². The molecule has 0 saturated carbocycles. The molecule has 0 N–H and O–H groups in total. The molecule has 0 radical (unpaired) electrons. The first-order valence-electron chi connectivity index (χ1n) is 4.78. The molecule has 68 valence electrons. The van der Waals surface area contributed by atoms with Gasteiger partial charge in [0.25, 0.3) is 0 Å². The number of hydrogen-bond acceptors (Lipinski definition) is 3. The largest absolute Gasteiger partial charge is 0.396 e. The second-order valence-electron chi connectivity index (χ2n) is 3.64. The van der Waals surface area contributed by atoms with Crippen LogP contribution in [0.3, 0.4) is 0 Å². The maximum atomic E-state index is 4.95. The van der Waals surface area contributed by atoms with Crippen LogP contribution in [0.4, 0.5) is 0 Å². The molecule has 3 heteroatoms. The predicted molar refractivity (Wildman–Crippen MR) is 48.2 cm³/mol. The highest BCUT2D eigenvalue weighted by Crippen LogP contribution is 2.31. The summed E-state index contributed by atoms with van der Waals surface area (Å²) >= 11 is 0. The molecule has 2 aliphatic heterocycles. The van der Waals surface area contributed by atoms with Gasteiger partial charge in [-0.25, -0.2) is 0 Å². The van der Waals surface area contributed by atoms with Crippen molar-refractivity contribution in [2.24, 2.45) is 17.0 Å². The number of hydrogen-bond donors (Lipinski definition) is 0. The van der Waals surface area contributed by atoms with Crippen LogP contribution in [-0.4, -0.2) is 37.4 Å². The lowest BCUT2D eigenvalue weighted by Gasteiger charge is -2.17. The summed E-state index contributed by atoms with van der Waals surface area (Å²) in [6, 6.07) is 0. The predicted octanol–water partition coefficient (Wildman–Crippen LogP) is 0.960. The highest BCUT2D eigenvalue weighted by molar-refractivity contribution is 5.61. The summed E-state index contributed by atoms with van der Waals surface area (Å²) in [4.78, 5) is 7.46. The number of nitrogens with zero attached hydrogens (tertiary/aromatic N) is 2. The molecular weight excluding hydrogens is 152 g/mol. The Morgan fingerprint density at radius 1 is 1.58 bits per heavy atom. The first-order chi connectivity index (χ1) is 5.90. The van der Waals surface area contributed by atoms with Crippen LogP contribution in [0.5, 0.6) is 0 Å². The van der Waals surface area contributed by atoms with E-state index in [-0.39, 0.29) is 0 Å². The van der Waals surface area contributed by atoms with Crippen molar-refractivity contribution in [3.63, 3.8) is 0 Å². The maximum Gasteiger partial charge on any atom is 0.114 e. The van der Waals surface area contributed by atoms with Crippen LogP contribution < -0.4 is 0 Å². The molecule has 3 nitrogen and oxygen atoms in total. The molecule has 2 heterocycles. The van der Waals surface area contributed by atoms with Crippen LogP contribution >= 0.6 is 0 Å². The van der Waals surface area contributed by atoms with Crippen molar-refractivity contribution in [3.8, 4) is 0 Å². The van der Waals surface area contributed by atoms with Crippen molar-refractivity contribution in [2.45, 2.75) is 13.3 Å². The van der Waals surface area contributed by atoms with Gasteiger partial charge in [0, 0.05) is 25.2 Å². The smallest absolute Gasteiger partial charge is 0.114 e. The molecular formula is C9H16N2O. The van der Waals surface area contributed by atoms with Crippen LogP contribution in [0.25, 0.3) is 0 Å². The fourth-order valence-electron chi connectivity index (χ4n) is 2.19. The summed E-state index contributed by atoms with van der Waals surface area (Å²) in [5, 5.41) is 3.94. The summed E-state index contributed by atoms with van der Waals surface area (Å²) in [6.07, 6.45) is 3.34. The van der Waals surface area contributed by atoms with Gasteiger partial charge in [-0.3, -0.25) is 0 Å². The first-order valence-corrected chi connectivity index (χ1v) is 4.78. The third kappa shape index (κ3) is 1.46. The highest BCUT2D eigenvalue weighted by atomic mass is 16.6. The van der Waals surface area contributed by atoms with E-state index in [4.69, 9.17) is 4.84 Å². The minimum Gasteiger partial charge on any atom is -0.396 e. The Morgan fingerprint density at radius 3 is 3.08 bits per heavy atom. The Bertz CT molecular complexity index is 181.